The van der Waals surface area contributed by atoms with Gasteiger partial charge in [-0.1, -0.05) is 36.0 Å². The number of rotatable bonds is 3. The average Bonchev–Trinajstić information content (AvgIpc) is 2.95. The van der Waals surface area contributed by atoms with Crippen molar-refractivity contribution >= 4 is 35.0 Å². The summed E-state index contributed by atoms with van der Waals surface area (Å²) in [5.41, 5.74) is 5.01. The number of aromatic nitrogens is 1. The SMILES string of the molecule is Cc1ccc(C)c(N2CCN(C(=O)CN3C(=O)c4ccccc4Sc4ncccc43)CC2)c1. The lowest BCUT2D eigenvalue weighted by Gasteiger charge is -2.37. The number of carbonyl (C=O) groups is 2. The monoisotopic (exact) mass is 458 g/mol. The summed E-state index contributed by atoms with van der Waals surface area (Å²) in [6, 6.07) is 17.7. The standard InChI is InChI=1S/C26H26N4O2S/c1-18-9-10-19(2)22(16-18)28-12-14-29(15-13-28)24(31)17-30-21-7-5-11-27-25(21)33-23-8-4-3-6-20(23)26(30)32/h3-11,16H,12-15,17H2,1-2H3. The zero-order valence-electron chi connectivity index (χ0n) is 18.8. The Morgan fingerprint density at radius 1 is 0.970 bits per heavy atom. The molecule has 5 rings (SSSR count). The molecule has 0 atom stereocenters. The van der Waals surface area contributed by atoms with Crippen LogP contribution in [-0.2, 0) is 4.79 Å². The van der Waals surface area contributed by atoms with Gasteiger partial charge in [-0.25, -0.2) is 4.98 Å². The molecule has 168 valence electrons. The molecule has 0 N–H and O–H groups in total. The van der Waals surface area contributed by atoms with Crippen LogP contribution in [0.5, 0.6) is 0 Å². The molecule has 1 fully saturated rings. The summed E-state index contributed by atoms with van der Waals surface area (Å²) in [4.78, 5) is 37.9. The molecule has 6 nitrogen and oxygen atoms in total. The number of hydrogen-bond acceptors (Lipinski definition) is 5. The summed E-state index contributed by atoms with van der Waals surface area (Å²) in [7, 11) is 0. The Morgan fingerprint density at radius 2 is 1.76 bits per heavy atom. The number of nitrogens with zero attached hydrogens (tertiary/aromatic N) is 4. The van der Waals surface area contributed by atoms with Gasteiger partial charge in [-0.3, -0.25) is 14.5 Å². The van der Waals surface area contributed by atoms with E-state index < -0.39 is 0 Å². The van der Waals surface area contributed by atoms with E-state index in [9.17, 15) is 9.59 Å². The Labute approximate surface area is 198 Å². The van der Waals surface area contributed by atoms with Crippen molar-refractivity contribution in [1.29, 1.82) is 0 Å². The average molecular weight is 459 g/mol. The molecule has 3 heterocycles. The lowest BCUT2D eigenvalue weighted by Crippen LogP contribution is -2.52. The first kappa shape index (κ1) is 21.5. The van der Waals surface area contributed by atoms with E-state index in [1.54, 1.807) is 11.1 Å². The van der Waals surface area contributed by atoms with Crippen molar-refractivity contribution < 1.29 is 9.59 Å². The second-order valence-corrected chi connectivity index (χ2v) is 9.51. The summed E-state index contributed by atoms with van der Waals surface area (Å²) in [6.07, 6.45) is 1.72. The van der Waals surface area contributed by atoms with Crippen molar-refractivity contribution in [2.45, 2.75) is 23.8 Å². The summed E-state index contributed by atoms with van der Waals surface area (Å²) < 4.78 is 0. The van der Waals surface area contributed by atoms with E-state index in [4.69, 9.17) is 0 Å². The normalized spacial score (nSPS) is 15.7. The number of aryl methyl sites for hydroxylation is 2. The molecule has 33 heavy (non-hydrogen) atoms. The summed E-state index contributed by atoms with van der Waals surface area (Å²) in [5.74, 6) is -0.199. The van der Waals surface area contributed by atoms with Crippen LogP contribution in [0.1, 0.15) is 21.5 Å². The smallest absolute Gasteiger partial charge is 0.259 e. The molecule has 0 aliphatic carbocycles. The van der Waals surface area contributed by atoms with Crippen molar-refractivity contribution in [1.82, 2.24) is 9.88 Å². The highest BCUT2D eigenvalue weighted by molar-refractivity contribution is 7.99. The second-order valence-electron chi connectivity index (χ2n) is 8.47. The number of anilines is 2. The topological polar surface area (TPSA) is 56.8 Å². The fraction of sp³-hybridized carbons (Fsp3) is 0.269. The van der Waals surface area contributed by atoms with Gasteiger partial charge in [0, 0.05) is 43.0 Å². The van der Waals surface area contributed by atoms with Crippen LogP contribution in [0.15, 0.2) is 70.7 Å². The number of benzene rings is 2. The van der Waals surface area contributed by atoms with Crippen LogP contribution in [0.25, 0.3) is 0 Å². The third-order valence-corrected chi connectivity index (χ3v) is 7.33. The molecule has 0 saturated carbocycles. The molecule has 0 unspecified atom stereocenters. The van der Waals surface area contributed by atoms with Crippen LogP contribution < -0.4 is 9.80 Å². The molecular weight excluding hydrogens is 432 g/mol. The highest BCUT2D eigenvalue weighted by Crippen LogP contribution is 2.39. The van der Waals surface area contributed by atoms with Gasteiger partial charge < -0.3 is 9.80 Å². The highest BCUT2D eigenvalue weighted by atomic mass is 32.2. The molecule has 0 bridgehead atoms. The van der Waals surface area contributed by atoms with Crippen molar-refractivity contribution in [3.8, 4) is 0 Å². The van der Waals surface area contributed by atoms with E-state index in [-0.39, 0.29) is 18.4 Å². The molecular formula is C26H26N4O2S. The summed E-state index contributed by atoms with van der Waals surface area (Å²) >= 11 is 1.47. The lowest BCUT2D eigenvalue weighted by molar-refractivity contribution is -0.129. The highest BCUT2D eigenvalue weighted by Gasteiger charge is 2.31. The fourth-order valence-electron chi connectivity index (χ4n) is 4.41. The molecule has 2 aromatic carbocycles. The van der Waals surface area contributed by atoms with E-state index in [1.807, 2.05) is 41.3 Å². The fourth-order valence-corrected chi connectivity index (χ4v) is 5.42. The van der Waals surface area contributed by atoms with Gasteiger partial charge in [0.05, 0.1) is 11.3 Å². The van der Waals surface area contributed by atoms with Gasteiger partial charge in [0.15, 0.2) is 0 Å². The van der Waals surface area contributed by atoms with Gasteiger partial charge in [-0.15, -0.1) is 0 Å². The minimum atomic E-state index is -0.160. The third kappa shape index (κ3) is 4.20. The quantitative estimate of drug-likeness (QED) is 0.590. The minimum Gasteiger partial charge on any atom is -0.368 e. The van der Waals surface area contributed by atoms with E-state index in [1.165, 1.54) is 28.6 Å². The first-order valence-electron chi connectivity index (χ1n) is 11.1. The van der Waals surface area contributed by atoms with Crippen LogP contribution in [0.3, 0.4) is 0 Å². The summed E-state index contributed by atoms with van der Waals surface area (Å²) in [6.45, 7) is 7.07. The number of piperazine rings is 1. The Morgan fingerprint density at radius 3 is 2.58 bits per heavy atom. The first-order valence-corrected chi connectivity index (χ1v) is 12.0. The van der Waals surface area contributed by atoms with Gasteiger partial charge in [0.1, 0.15) is 11.6 Å². The van der Waals surface area contributed by atoms with Crippen LogP contribution >= 0.6 is 11.8 Å². The van der Waals surface area contributed by atoms with Crippen molar-refractivity contribution in [2.75, 3.05) is 42.5 Å². The number of fused-ring (bicyclic) bond motifs is 2. The van der Waals surface area contributed by atoms with Gasteiger partial charge >= 0.3 is 0 Å². The number of amides is 2. The molecule has 7 heteroatoms. The molecule has 0 spiro atoms. The molecule has 2 aliphatic rings. The Balaban J connectivity index is 1.33. The molecule has 1 aromatic heterocycles. The largest absolute Gasteiger partial charge is 0.368 e. The number of carbonyl (C=O) groups excluding carboxylic acids is 2. The lowest BCUT2D eigenvalue weighted by atomic mass is 10.1. The molecule has 3 aromatic rings. The van der Waals surface area contributed by atoms with Gasteiger partial charge in [-0.2, -0.15) is 0 Å². The first-order chi connectivity index (χ1) is 16.0. The van der Waals surface area contributed by atoms with Gasteiger partial charge in [0.2, 0.25) is 5.91 Å². The Kier molecular flexibility index (Phi) is 5.81. The van der Waals surface area contributed by atoms with E-state index >= 15 is 0 Å². The maximum atomic E-state index is 13.4. The number of pyridine rings is 1. The van der Waals surface area contributed by atoms with Crippen LogP contribution in [0, 0.1) is 13.8 Å². The molecule has 2 amide bonds. The molecule has 1 saturated heterocycles. The summed E-state index contributed by atoms with van der Waals surface area (Å²) in [5, 5.41) is 0.739. The van der Waals surface area contributed by atoms with Crippen molar-refractivity contribution in [3.63, 3.8) is 0 Å². The zero-order valence-corrected chi connectivity index (χ0v) is 19.6. The van der Waals surface area contributed by atoms with Crippen molar-refractivity contribution in [3.05, 3.63) is 77.5 Å². The van der Waals surface area contributed by atoms with Crippen LogP contribution in [0.4, 0.5) is 11.4 Å². The second kappa shape index (κ2) is 8.90. The predicted octanol–water partition coefficient (Wildman–Crippen LogP) is 4.16. The zero-order chi connectivity index (χ0) is 22.9. The predicted molar refractivity (Wildman–Crippen MR) is 131 cm³/mol. The van der Waals surface area contributed by atoms with Gasteiger partial charge in [0.25, 0.3) is 5.91 Å². The third-order valence-electron chi connectivity index (χ3n) is 6.24. The van der Waals surface area contributed by atoms with Gasteiger partial charge in [-0.05, 0) is 55.3 Å². The minimum absolute atomic E-state index is 0.00982. The Hall–Kier alpha value is -3.32. The van der Waals surface area contributed by atoms with Crippen LogP contribution in [-0.4, -0.2) is 54.4 Å². The maximum Gasteiger partial charge on any atom is 0.259 e. The van der Waals surface area contributed by atoms with Crippen LogP contribution in [0.2, 0.25) is 0 Å². The van der Waals surface area contributed by atoms with E-state index in [2.05, 4.69) is 41.9 Å². The van der Waals surface area contributed by atoms with E-state index in [0.717, 1.165) is 23.0 Å². The molecule has 0 radical (unpaired) electrons. The Bertz CT molecular complexity index is 1220. The maximum absolute atomic E-state index is 13.4. The number of hydrogen-bond donors (Lipinski definition) is 0. The van der Waals surface area contributed by atoms with E-state index in [0.29, 0.717) is 24.3 Å². The molecule has 2 aliphatic heterocycles. The van der Waals surface area contributed by atoms with Crippen molar-refractivity contribution in [2.24, 2.45) is 0 Å².